The number of likely N-dealkylation sites (N-methyl/N-ethyl adjacent to an activating group) is 1. The van der Waals surface area contributed by atoms with E-state index in [0.717, 1.165) is 23.0 Å². The van der Waals surface area contributed by atoms with Gasteiger partial charge in [-0.2, -0.15) is 0 Å². The van der Waals surface area contributed by atoms with Crippen LogP contribution in [0.5, 0.6) is 0 Å². The van der Waals surface area contributed by atoms with Gasteiger partial charge in [-0.25, -0.2) is 18.6 Å². The van der Waals surface area contributed by atoms with Crippen molar-refractivity contribution in [2.75, 3.05) is 62.7 Å². The minimum Gasteiger partial charge on any atom is -0.442 e. The number of piperazine rings is 1. The first-order chi connectivity index (χ1) is 21.4. The molecule has 1 aromatic carbocycles. The molecule has 0 aliphatic carbocycles. The van der Waals surface area contributed by atoms with Crippen LogP contribution in [0.1, 0.15) is 38.2 Å². The molecule has 0 bridgehead atoms. The second kappa shape index (κ2) is 16.4. The van der Waals surface area contributed by atoms with Gasteiger partial charge in [0.25, 0.3) is 0 Å². The van der Waals surface area contributed by atoms with Gasteiger partial charge in [-0.15, -0.1) is 0 Å². The lowest BCUT2D eigenvalue weighted by Crippen LogP contribution is -2.51. The number of imidazole rings is 1. The molecule has 4 heterocycles. The van der Waals surface area contributed by atoms with Crippen molar-refractivity contribution in [1.82, 2.24) is 29.9 Å². The van der Waals surface area contributed by atoms with E-state index in [9.17, 15) is 28.0 Å². The second-order valence-corrected chi connectivity index (χ2v) is 11.1. The van der Waals surface area contributed by atoms with E-state index < -0.39 is 23.8 Å². The molecule has 45 heavy (non-hydrogen) atoms. The number of fused-ring (bicyclic) bond motifs is 1. The Bertz CT molecular complexity index is 1420. The quantitative estimate of drug-likeness (QED) is 0.377. The van der Waals surface area contributed by atoms with Crippen LogP contribution in [-0.4, -0.2) is 102 Å². The van der Waals surface area contributed by atoms with Crippen molar-refractivity contribution in [3.8, 4) is 0 Å². The second-order valence-electron chi connectivity index (χ2n) is 11.1. The number of ether oxygens (including phenoxy) is 1. The fourth-order valence-corrected chi connectivity index (χ4v) is 4.47. The normalized spacial score (nSPS) is 16.0. The molecule has 0 radical (unpaired) electrons. The van der Waals surface area contributed by atoms with Gasteiger partial charge in [0.15, 0.2) is 23.6 Å². The van der Waals surface area contributed by atoms with Gasteiger partial charge in [-0.1, -0.05) is 20.8 Å². The number of aromatic nitrogens is 3. The first-order valence-electron chi connectivity index (χ1n) is 14.6. The Morgan fingerprint density at radius 3 is 2.33 bits per heavy atom. The average molecular weight is 631 g/mol. The number of amides is 3. The number of benzene rings is 1. The fraction of sp³-hybridized carbons (Fsp3) is 0.467. The molecular weight excluding hydrogens is 590 g/mol. The maximum atomic E-state index is 14.8. The van der Waals surface area contributed by atoms with Crippen LogP contribution < -0.4 is 20.4 Å². The van der Waals surface area contributed by atoms with Gasteiger partial charge in [-0.3, -0.25) is 24.3 Å². The monoisotopic (exact) mass is 630 g/mol. The molecule has 3 aromatic rings. The number of hydrogen-bond donors (Lipinski definition) is 2. The number of rotatable bonds is 7. The van der Waals surface area contributed by atoms with Crippen LogP contribution in [0.4, 0.5) is 25.0 Å². The zero-order valence-electron chi connectivity index (χ0n) is 26.1. The molecule has 244 valence electrons. The minimum atomic E-state index is -0.793. The van der Waals surface area contributed by atoms with E-state index in [1.54, 1.807) is 46.0 Å². The maximum Gasteiger partial charge on any atom is 0.414 e. The highest BCUT2D eigenvalue weighted by Gasteiger charge is 2.34. The topological polar surface area (TPSA) is 141 Å². The van der Waals surface area contributed by atoms with Crippen molar-refractivity contribution < 1.29 is 32.7 Å². The summed E-state index contributed by atoms with van der Waals surface area (Å²) in [7, 11) is 1.68. The molecule has 1 unspecified atom stereocenters. The molecule has 2 aromatic heterocycles. The molecule has 2 aliphatic rings. The van der Waals surface area contributed by atoms with Crippen molar-refractivity contribution in [2.24, 2.45) is 5.92 Å². The number of carbonyl (C=O) groups is 4. The molecule has 13 nitrogen and oxygen atoms in total. The minimum absolute atomic E-state index is 0.0481. The molecule has 0 spiro atoms. The Balaban J connectivity index is 0.000000301. The lowest BCUT2D eigenvalue weighted by atomic mass is 10.2. The number of cyclic esters (lactones) is 1. The van der Waals surface area contributed by atoms with Crippen molar-refractivity contribution in [1.29, 1.82) is 0 Å². The predicted octanol–water partition coefficient (Wildman–Crippen LogP) is 2.50. The summed E-state index contributed by atoms with van der Waals surface area (Å²) in [5.74, 6) is -1.08. The van der Waals surface area contributed by atoms with E-state index in [0.29, 0.717) is 43.8 Å². The van der Waals surface area contributed by atoms with Crippen LogP contribution in [-0.2, 0) is 14.3 Å². The van der Waals surface area contributed by atoms with E-state index in [4.69, 9.17) is 4.74 Å². The third-order valence-electron chi connectivity index (χ3n) is 6.45. The lowest BCUT2D eigenvalue weighted by molar-refractivity contribution is -0.130. The Hall–Kier alpha value is -4.66. The van der Waals surface area contributed by atoms with Crippen LogP contribution in [0, 0.1) is 17.6 Å². The number of nitrogens with one attached hydrogen (secondary N) is 2. The summed E-state index contributed by atoms with van der Waals surface area (Å²) in [5.41, 5.74) is 0.987. The molecule has 2 fully saturated rings. The number of anilines is 2. The summed E-state index contributed by atoms with van der Waals surface area (Å²) < 4.78 is 36.5. The summed E-state index contributed by atoms with van der Waals surface area (Å²) in [6.45, 7) is 9.58. The van der Waals surface area contributed by atoms with E-state index in [-0.39, 0.29) is 42.8 Å². The number of nitrogens with zero attached hydrogens (tertiary/aromatic N) is 6. The van der Waals surface area contributed by atoms with E-state index >= 15 is 0 Å². The van der Waals surface area contributed by atoms with Crippen molar-refractivity contribution in [3.05, 3.63) is 54.2 Å². The third-order valence-corrected chi connectivity index (χ3v) is 6.45. The smallest absolute Gasteiger partial charge is 0.414 e. The molecule has 2 N–H and O–H groups in total. The fourth-order valence-electron chi connectivity index (χ4n) is 4.47. The van der Waals surface area contributed by atoms with Gasteiger partial charge in [0.05, 0.1) is 31.5 Å². The number of halogens is 2. The predicted molar refractivity (Wildman–Crippen MR) is 164 cm³/mol. The Morgan fingerprint density at radius 1 is 1.13 bits per heavy atom. The van der Waals surface area contributed by atoms with Gasteiger partial charge in [0, 0.05) is 63.8 Å². The summed E-state index contributed by atoms with van der Waals surface area (Å²) in [4.78, 5) is 57.5. The molecule has 2 saturated heterocycles. The number of aldehydes is 1. The lowest BCUT2D eigenvalue weighted by Gasteiger charge is -2.36. The highest BCUT2D eigenvalue weighted by molar-refractivity contribution is 5.90. The zero-order valence-corrected chi connectivity index (χ0v) is 26.1. The van der Waals surface area contributed by atoms with Crippen LogP contribution >= 0.6 is 0 Å². The van der Waals surface area contributed by atoms with Crippen molar-refractivity contribution in [3.63, 3.8) is 0 Å². The summed E-state index contributed by atoms with van der Waals surface area (Å²) in [5, 5.41) is 5.34. The first kappa shape index (κ1) is 34.8. The Labute approximate surface area is 260 Å². The summed E-state index contributed by atoms with van der Waals surface area (Å²) in [6, 6.07) is 2.19. The van der Waals surface area contributed by atoms with Gasteiger partial charge in [0.2, 0.25) is 11.8 Å². The van der Waals surface area contributed by atoms with Gasteiger partial charge < -0.3 is 29.6 Å². The molecule has 15 heteroatoms. The largest absolute Gasteiger partial charge is 0.442 e. The van der Waals surface area contributed by atoms with Crippen LogP contribution in [0.15, 0.2) is 36.9 Å². The molecule has 0 saturated carbocycles. The first-order valence-corrected chi connectivity index (χ1v) is 14.6. The van der Waals surface area contributed by atoms with Crippen molar-refractivity contribution in [2.45, 2.75) is 33.8 Å². The Morgan fingerprint density at radius 2 is 1.78 bits per heavy atom. The summed E-state index contributed by atoms with van der Waals surface area (Å²) >= 11 is 0. The third kappa shape index (κ3) is 9.93. The van der Waals surface area contributed by atoms with Crippen LogP contribution in [0.2, 0.25) is 0 Å². The highest BCUT2D eigenvalue weighted by atomic mass is 19.1. The van der Waals surface area contributed by atoms with E-state index in [1.165, 1.54) is 6.92 Å². The van der Waals surface area contributed by atoms with Gasteiger partial charge in [0.1, 0.15) is 17.5 Å². The summed E-state index contributed by atoms with van der Waals surface area (Å²) in [6.07, 6.45) is 6.03. The van der Waals surface area contributed by atoms with E-state index in [1.807, 2.05) is 0 Å². The van der Waals surface area contributed by atoms with E-state index in [2.05, 4.69) is 41.4 Å². The zero-order chi connectivity index (χ0) is 33.1. The molecular formula is C30H40F2N8O5. The highest BCUT2D eigenvalue weighted by Crippen LogP contribution is 2.31. The number of hydrogen-bond acceptors (Lipinski definition) is 9. The van der Waals surface area contributed by atoms with Crippen molar-refractivity contribution >= 4 is 41.2 Å². The number of carbonyl (C=O) groups excluding carboxylic acids is 4. The van der Waals surface area contributed by atoms with Crippen LogP contribution in [0.3, 0.4) is 0 Å². The van der Waals surface area contributed by atoms with Gasteiger partial charge in [-0.05, 0) is 13.0 Å². The molecule has 2 aliphatic heterocycles. The molecule has 3 amide bonds. The maximum absolute atomic E-state index is 14.8. The molecule has 5 rings (SSSR count). The van der Waals surface area contributed by atoms with Crippen LogP contribution in [0.25, 0.3) is 5.65 Å². The average Bonchev–Trinajstić information content (AvgIpc) is 3.59. The Kier molecular flexibility index (Phi) is 12.7. The van der Waals surface area contributed by atoms with Gasteiger partial charge >= 0.3 is 6.09 Å². The SMILES string of the molecule is CC(C)C.CNCC(=O)N1CCN(c2c(F)cc(N3CC(CNC(C)=O)OC3=O)cc2F)CC1.O=Cc1cn2ccncc2n1. The standard InChI is InChI=1S/C19H25F2N5O4.C7H5N3O.C4H10/c1-12(27)23-9-14-11-26(19(29)30-14)13-7-15(20)18(16(21)8-13)25-5-3-24(4-6-25)17(28)10-22-2;11-5-6-4-10-2-1-8-3-7(10)9-6;1-4(2)3/h7-8,14,22H,3-6,9-11H2,1-2H3,(H,23,27);1-5H;4H,1-3H3. The molecule has 1 atom stereocenters.